The Labute approximate surface area is 119 Å². The lowest BCUT2D eigenvalue weighted by Crippen LogP contribution is -2.12. The van der Waals surface area contributed by atoms with Crippen molar-refractivity contribution in [3.05, 3.63) is 36.4 Å². The Hall–Kier alpha value is -2.14. The molecular weight excluding hydrogens is 250 g/mol. The molecule has 0 aliphatic rings. The van der Waals surface area contributed by atoms with E-state index >= 15 is 0 Å². The molecule has 5 heteroatoms. The topological polar surface area (TPSA) is 75.9 Å². The Kier molecular flexibility index (Phi) is 4.90. The zero-order valence-corrected chi connectivity index (χ0v) is 11.9. The van der Waals surface area contributed by atoms with Crippen molar-refractivity contribution in [2.75, 3.05) is 17.3 Å². The van der Waals surface area contributed by atoms with Crippen molar-refractivity contribution < 1.29 is 0 Å². The Morgan fingerprint density at radius 2 is 1.80 bits per heavy atom. The second-order valence-electron chi connectivity index (χ2n) is 5.08. The first-order valence-electron chi connectivity index (χ1n) is 6.84. The summed E-state index contributed by atoms with van der Waals surface area (Å²) in [4.78, 5) is 8.91. The summed E-state index contributed by atoms with van der Waals surface area (Å²) in [5.74, 6) is 8.18. The van der Waals surface area contributed by atoms with Gasteiger partial charge in [0.15, 0.2) is 5.82 Å². The number of nitrogens with zero attached hydrogens (tertiary/aromatic N) is 2. The summed E-state index contributed by atoms with van der Waals surface area (Å²) < 4.78 is 0. The van der Waals surface area contributed by atoms with Crippen LogP contribution in [0.25, 0.3) is 11.4 Å². The van der Waals surface area contributed by atoms with E-state index in [2.05, 4.69) is 34.6 Å². The first-order chi connectivity index (χ1) is 9.69. The van der Waals surface area contributed by atoms with E-state index in [4.69, 9.17) is 5.84 Å². The van der Waals surface area contributed by atoms with Crippen molar-refractivity contribution in [3.63, 3.8) is 0 Å². The monoisotopic (exact) mass is 271 g/mol. The summed E-state index contributed by atoms with van der Waals surface area (Å²) in [5, 5.41) is 3.31. The number of nitrogens with two attached hydrogens (primary N) is 1. The molecule has 0 saturated carbocycles. The van der Waals surface area contributed by atoms with Gasteiger partial charge in [0.1, 0.15) is 11.6 Å². The van der Waals surface area contributed by atoms with Gasteiger partial charge in [0.2, 0.25) is 0 Å². The molecule has 0 bridgehead atoms. The molecule has 106 valence electrons. The summed E-state index contributed by atoms with van der Waals surface area (Å²) in [6.07, 6.45) is 1.09. The van der Waals surface area contributed by atoms with Gasteiger partial charge in [-0.15, -0.1) is 0 Å². The lowest BCUT2D eigenvalue weighted by atomic mass is 10.1. The minimum atomic E-state index is 0.603. The molecule has 20 heavy (non-hydrogen) atoms. The summed E-state index contributed by atoms with van der Waals surface area (Å²) in [7, 11) is 0. The number of rotatable bonds is 6. The molecule has 0 aliphatic carbocycles. The Morgan fingerprint density at radius 1 is 1.10 bits per heavy atom. The highest BCUT2D eigenvalue weighted by Crippen LogP contribution is 2.19. The number of benzene rings is 1. The third-order valence-corrected chi connectivity index (χ3v) is 2.93. The first kappa shape index (κ1) is 14.3. The molecule has 0 saturated heterocycles. The van der Waals surface area contributed by atoms with Crippen LogP contribution in [0.15, 0.2) is 36.4 Å². The average Bonchev–Trinajstić information content (AvgIpc) is 2.47. The number of nitrogens with one attached hydrogen (secondary N) is 2. The third kappa shape index (κ3) is 3.93. The van der Waals surface area contributed by atoms with E-state index in [0.29, 0.717) is 17.6 Å². The molecule has 5 nitrogen and oxygen atoms in total. The van der Waals surface area contributed by atoms with Gasteiger partial charge in [0.25, 0.3) is 0 Å². The van der Waals surface area contributed by atoms with Crippen molar-refractivity contribution in [1.29, 1.82) is 0 Å². The lowest BCUT2D eigenvalue weighted by molar-refractivity contribution is 0.606. The summed E-state index contributed by atoms with van der Waals surface area (Å²) in [6, 6.07) is 11.7. The molecule has 2 rings (SSSR count). The number of hydrogen-bond acceptors (Lipinski definition) is 5. The molecule has 0 amide bonds. The van der Waals surface area contributed by atoms with Crippen molar-refractivity contribution in [1.82, 2.24) is 9.97 Å². The van der Waals surface area contributed by atoms with E-state index in [1.54, 1.807) is 0 Å². The van der Waals surface area contributed by atoms with Crippen LogP contribution in [0, 0.1) is 5.92 Å². The van der Waals surface area contributed by atoms with Gasteiger partial charge < -0.3 is 10.7 Å². The third-order valence-electron chi connectivity index (χ3n) is 2.93. The van der Waals surface area contributed by atoms with Gasteiger partial charge >= 0.3 is 0 Å². The number of hydrogen-bond donors (Lipinski definition) is 3. The van der Waals surface area contributed by atoms with E-state index in [9.17, 15) is 0 Å². The fourth-order valence-corrected chi connectivity index (χ4v) is 1.82. The van der Waals surface area contributed by atoms with E-state index in [0.717, 1.165) is 24.3 Å². The normalized spacial score (nSPS) is 10.6. The van der Waals surface area contributed by atoms with Gasteiger partial charge in [-0.3, -0.25) is 0 Å². The maximum atomic E-state index is 5.47. The van der Waals surface area contributed by atoms with Crippen LogP contribution in [0.3, 0.4) is 0 Å². The fourth-order valence-electron chi connectivity index (χ4n) is 1.82. The van der Waals surface area contributed by atoms with Crippen molar-refractivity contribution in [2.45, 2.75) is 20.3 Å². The van der Waals surface area contributed by atoms with Gasteiger partial charge in [-0.2, -0.15) is 0 Å². The van der Waals surface area contributed by atoms with Gasteiger partial charge in [-0.25, -0.2) is 15.8 Å². The number of hydrazine groups is 1. The predicted molar refractivity (Wildman–Crippen MR) is 83.2 cm³/mol. The van der Waals surface area contributed by atoms with Crippen LogP contribution in [0.2, 0.25) is 0 Å². The zero-order valence-electron chi connectivity index (χ0n) is 11.9. The van der Waals surface area contributed by atoms with E-state index in [1.165, 1.54) is 0 Å². The Balaban J connectivity index is 2.20. The molecule has 0 fully saturated rings. The van der Waals surface area contributed by atoms with Crippen LogP contribution in [0.5, 0.6) is 0 Å². The molecule has 4 N–H and O–H groups in total. The molecule has 0 atom stereocenters. The second-order valence-corrected chi connectivity index (χ2v) is 5.08. The zero-order chi connectivity index (χ0) is 14.4. The predicted octanol–water partition coefficient (Wildman–Crippen LogP) is 2.89. The Morgan fingerprint density at radius 3 is 2.45 bits per heavy atom. The molecule has 2 aromatic rings. The van der Waals surface area contributed by atoms with Crippen molar-refractivity contribution in [2.24, 2.45) is 11.8 Å². The highest BCUT2D eigenvalue weighted by Gasteiger charge is 2.06. The fraction of sp³-hybridized carbons (Fsp3) is 0.333. The van der Waals surface area contributed by atoms with Gasteiger partial charge in [-0.1, -0.05) is 44.2 Å². The second kappa shape index (κ2) is 6.86. The van der Waals surface area contributed by atoms with E-state index < -0.39 is 0 Å². The number of aromatic nitrogens is 2. The summed E-state index contributed by atoms with van der Waals surface area (Å²) in [6.45, 7) is 5.28. The quantitative estimate of drug-likeness (QED) is 0.556. The minimum absolute atomic E-state index is 0.603. The summed E-state index contributed by atoms with van der Waals surface area (Å²) in [5.41, 5.74) is 3.55. The maximum absolute atomic E-state index is 5.47. The van der Waals surface area contributed by atoms with Crippen LogP contribution in [0.1, 0.15) is 20.3 Å². The van der Waals surface area contributed by atoms with Crippen molar-refractivity contribution in [3.8, 4) is 11.4 Å². The lowest BCUT2D eigenvalue weighted by Gasteiger charge is -2.10. The molecule has 1 aromatic heterocycles. The summed E-state index contributed by atoms with van der Waals surface area (Å²) >= 11 is 0. The maximum Gasteiger partial charge on any atom is 0.163 e. The van der Waals surface area contributed by atoms with Crippen LogP contribution < -0.4 is 16.6 Å². The van der Waals surface area contributed by atoms with Gasteiger partial charge in [-0.05, 0) is 12.3 Å². The van der Waals surface area contributed by atoms with Crippen LogP contribution in [0.4, 0.5) is 11.6 Å². The molecule has 0 spiro atoms. The molecule has 0 unspecified atom stereocenters. The van der Waals surface area contributed by atoms with Crippen LogP contribution in [-0.4, -0.2) is 16.5 Å². The average molecular weight is 271 g/mol. The molecule has 1 aromatic carbocycles. The smallest absolute Gasteiger partial charge is 0.163 e. The largest absolute Gasteiger partial charge is 0.370 e. The standard InChI is InChI=1S/C15H21N5/c1-11(2)8-9-17-13-10-14(20-16)19-15(18-13)12-6-4-3-5-7-12/h3-7,10-11H,8-9,16H2,1-2H3,(H2,17,18,19,20). The molecular formula is C15H21N5. The van der Waals surface area contributed by atoms with E-state index in [-0.39, 0.29) is 0 Å². The highest BCUT2D eigenvalue weighted by atomic mass is 15.3. The Bertz CT molecular complexity index is 539. The number of nitrogen functional groups attached to an aromatic ring is 1. The first-order valence-corrected chi connectivity index (χ1v) is 6.84. The van der Waals surface area contributed by atoms with Gasteiger partial charge in [0, 0.05) is 18.2 Å². The van der Waals surface area contributed by atoms with Crippen molar-refractivity contribution >= 4 is 11.6 Å². The number of anilines is 2. The SMILES string of the molecule is CC(C)CCNc1cc(NN)nc(-c2ccccc2)n1. The van der Waals surface area contributed by atoms with Crippen LogP contribution >= 0.6 is 0 Å². The highest BCUT2D eigenvalue weighted by molar-refractivity contribution is 5.60. The van der Waals surface area contributed by atoms with Gasteiger partial charge in [0.05, 0.1) is 0 Å². The minimum Gasteiger partial charge on any atom is -0.370 e. The molecule has 0 aliphatic heterocycles. The molecule has 1 heterocycles. The van der Waals surface area contributed by atoms with E-state index in [1.807, 2.05) is 36.4 Å². The molecule has 0 radical (unpaired) electrons. The van der Waals surface area contributed by atoms with Crippen LogP contribution in [-0.2, 0) is 0 Å².